The molecular formula is C31H27N7O2. The minimum Gasteiger partial charge on any atom is -0.381 e. The summed E-state index contributed by atoms with van der Waals surface area (Å²) in [5.41, 5.74) is 9.93. The molecule has 1 atom stereocenters. The maximum Gasteiger partial charge on any atom is 0.263 e. The topological polar surface area (TPSA) is 120 Å². The predicted octanol–water partition coefficient (Wildman–Crippen LogP) is 4.29. The molecule has 0 saturated heterocycles. The lowest BCUT2D eigenvalue weighted by Gasteiger charge is -2.21. The van der Waals surface area contributed by atoms with Crippen LogP contribution in [-0.2, 0) is 12.8 Å². The number of aryl methyl sites for hydroxylation is 2. The van der Waals surface area contributed by atoms with Crippen LogP contribution in [0, 0.1) is 0 Å². The molecule has 4 aromatic heterocycles. The molecule has 2 aromatic carbocycles. The van der Waals surface area contributed by atoms with Gasteiger partial charge in [0.05, 0.1) is 11.4 Å². The fraction of sp³-hybridized carbons (Fsp3) is 0.129. The summed E-state index contributed by atoms with van der Waals surface area (Å²) < 4.78 is 3.15. The van der Waals surface area contributed by atoms with Crippen molar-refractivity contribution >= 4 is 28.1 Å². The molecule has 0 fully saturated rings. The summed E-state index contributed by atoms with van der Waals surface area (Å²) in [6, 6.07) is 22.4. The Balaban J connectivity index is 1.43. The number of hydrogen-bond acceptors (Lipinski definition) is 6. The molecule has 0 bridgehead atoms. The Morgan fingerprint density at radius 3 is 2.65 bits per heavy atom. The first-order valence-electron chi connectivity index (χ1n) is 13.0. The van der Waals surface area contributed by atoms with E-state index in [0.717, 1.165) is 22.9 Å². The van der Waals surface area contributed by atoms with E-state index < -0.39 is 11.9 Å². The number of fused-ring (bicyclic) bond motifs is 2. The average molecular weight is 530 g/mol. The highest BCUT2D eigenvalue weighted by Crippen LogP contribution is 2.25. The number of aromatic nitrogens is 5. The SMILES string of the molecule is CC(NC(=O)c1c(N)nn2cccnc12)c1cc2cccc(CCc3cccnc3)c2c(=O)n1-c1ccccc1. The third kappa shape index (κ3) is 4.58. The maximum absolute atomic E-state index is 14.2. The van der Waals surface area contributed by atoms with Crippen LogP contribution in [0.25, 0.3) is 22.1 Å². The van der Waals surface area contributed by atoms with Gasteiger partial charge in [0.1, 0.15) is 5.56 Å². The van der Waals surface area contributed by atoms with Crippen LogP contribution < -0.4 is 16.6 Å². The quantitative estimate of drug-likeness (QED) is 0.318. The van der Waals surface area contributed by atoms with E-state index in [2.05, 4.69) is 20.4 Å². The van der Waals surface area contributed by atoms with Gasteiger partial charge in [0, 0.05) is 36.2 Å². The van der Waals surface area contributed by atoms with Gasteiger partial charge in [-0.2, -0.15) is 0 Å². The molecule has 3 N–H and O–H groups in total. The molecule has 1 unspecified atom stereocenters. The molecule has 6 aromatic rings. The number of para-hydroxylation sites is 1. The van der Waals surface area contributed by atoms with E-state index in [0.29, 0.717) is 28.8 Å². The summed E-state index contributed by atoms with van der Waals surface area (Å²) in [7, 11) is 0. The monoisotopic (exact) mass is 529 g/mol. The normalized spacial score (nSPS) is 12.0. The van der Waals surface area contributed by atoms with Crippen molar-refractivity contribution in [3.8, 4) is 5.69 Å². The van der Waals surface area contributed by atoms with E-state index in [-0.39, 0.29) is 16.9 Å². The number of carbonyl (C=O) groups is 1. The molecule has 198 valence electrons. The van der Waals surface area contributed by atoms with Crippen LogP contribution in [0.5, 0.6) is 0 Å². The fourth-order valence-electron chi connectivity index (χ4n) is 5.11. The van der Waals surface area contributed by atoms with E-state index in [1.807, 2.05) is 79.9 Å². The summed E-state index contributed by atoms with van der Waals surface area (Å²) in [4.78, 5) is 36.1. The van der Waals surface area contributed by atoms with Gasteiger partial charge in [-0.25, -0.2) is 9.50 Å². The van der Waals surface area contributed by atoms with Gasteiger partial charge in [-0.3, -0.25) is 19.1 Å². The molecule has 40 heavy (non-hydrogen) atoms. The molecule has 0 spiro atoms. The molecule has 0 saturated carbocycles. The minimum absolute atomic E-state index is 0.0839. The molecule has 0 aliphatic heterocycles. The van der Waals surface area contributed by atoms with Crippen LogP contribution in [-0.4, -0.2) is 30.1 Å². The van der Waals surface area contributed by atoms with Crippen molar-refractivity contribution in [3.63, 3.8) is 0 Å². The molecule has 0 aliphatic carbocycles. The van der Waals surface area contributed by atoms with Crippen LogP contribution in [0.15, 0.2) is 102 Å². The van der Waals surface area contributed by atoms with Crippen molar-refractivity contribution in [2.45, 2.75) is 25.8 Å². The van der Waals surface area contributed by atoms with Crippen molar-refractivity contribution in [2.24, 2.45) is 0 Å². The Morgan fingerprint density at radius 1 is 1.00 bits per heavy atom. The first-order valence-corrected chi connectivity index (χ1v) is 13.0. The third-order valence-electron chi connectivity index (χ3n) is 7.02. The first-order chi connectivity index (χ1) is 19.5. The lowest BCUT2D eigenvalue weighted by Crippen LogP contribution is -2.32. The first kappa shape index (κ1) is 25.0. The molecule has 9 nitrogen and oxygen atoms in total. The van der Waals surface area contributed by atoms with Gasteiger partial charge in [0.2, 0.25) is 0 Å². The Kier molecular flexibility index (Phi) is 6.53. The van der Waals surface area contributed by atoms with Gasteiger partial charge in [0.15, 0.2) is 11.5 Å². The van der Waals surface area contributed by atoms with Gasteiger partial charge in [0.25, 0.3) is 11.5 Å². The number of amides is 1. The number of nitrogens with two attached hydrogens (primary N) is 1. The highest BCUT2D eigenvalue weighted by Gasteiger charge is 2.24. The van der Waals surface area contributed by atoms with Crippen LogP contribution >= 0.6 is 0 Å². The largest absolute Gasteiger partial charge is 0.381 e. The Bertz CT molecular complexity index is 1900. The molecule has 4 heterocycles. The average Bonchev–Trinajstić information content (AvgIpc) is 3.32. The highest BCUT2D eigenvalue weighted by atomic mass is 16.2. The van der Waals surface area contributed by atoms with Gasteiger partial charge in [-0.1, -0.05) is 42.5 Å². The Morgan fingerprint density at radius 2 is 1.85 bits per heavy atom. The number of benzene rings is 2. The number of carbonyl (C=O) groups excluding carboxylic acids is 1. The van der Waals surface area contributed by atoms with Gasteiger partial charge >= 0.3 is 0 Å². The molecule has 6 rings (SSSR count). The van der Waals surface area contributed by atoms with E-state index in [1.54, 1.807) is 29.2 Å². The predicted molar refractivity (Wildman–Crippen MR) is 154 cm³/mol. The number of nitrogens with one attached hydrogen (secondary N) is 1. The summed E-state index contributed by atoms with van der Waals surface area (Å²) in [6.07, 6.45) is 8.32. The zero-order valence-corrected chi connectivity index (χ0v) is 21.9. The van der Waals surface area contributed by atoms with E-state index in [9.17, 15) is 9.59 Å². The van der Waals surface area contributed by atoms with Gasteiger partial charge in [-0.05, 0) is 66.6 Å². The summed E-state index contributed by atoms with van der Waals surface area (Å²) in [6.45, 7) is 1.85. The molecule has 0 radical (unpaired) electrons. The van der Waals surface area contributed by atoms with Gasteiger partial charge in [-0.15, -0.1) is 5.10 Å². The van der Waals surface area contributed by atoms with E-state index in [4.69, 9.17) is 5.73 Å². The van der Waals surface area contributed by atoms with Gasteiger partial charge < -0.3 is 11.1 Å². The zero-order chi connectivity index (χ0) is 27.6. The second-order valence-corrected chi connectivity index (χ2v) is 9.63. The number of hydrogen-bond donors (Lipinski definition) is 2. The Hall–Kier alpha value is -5.31. The smallest absolute Gasteiger partial charge is 0.263 e. The second-order valence-electron chi connectivity index (χ2n) is 9.63. The molecule has 0 aliphatic rings. The second kappa shape index (κ2) is 10.5. The number of nitrogens with zero attached hydrogens (tertiary/aromatic N) is 5. The summed E-state index contributed by atoms with van der Waals surface area (Å²) in [5, 5.41) is 8.69. The Labute approximate surface area is 229 Å². The van der Waals surface area contributed by atoms with Crippen molar-refractivity contribution in [3.05, 3.63) is 130 Å². The maximum atomic E-state index is 14.2. The lowest BCUT2D eigenvalue weighted by atomic mass is 9.98. The number of anilines is 1. The van der Waals surface area contributed by atoms with Crippen molar-refractivity contribution in [2.75, 3.05) is 5.73 Å². The summed E-state index contributed by atoms with van der Waals surface area (Å²) >= 11 is 0. The van der Waals surface area contributed by atoms with Crippen LogP contribution in [0.1, 0.15) is 40.1 Å². The van der Waals surface area contributed by atoms with E-state index in [1.165, 1.54) is 4.52 Å². The highest BCUT2D eigenvalue weighted by molar-refractivity contribution is 6.04. The summed E-state index contributed by atoms with van der Waals surface area (Å²) in [5.74, 6) is -0.336. The molecular weight excluding hydrogens is 502 g/mol. The minimum atomic E-state index is -0.540. The van der Waals surface area contributed by atoms with Crippen molar-refractivity contribution in [1.29, 1.82) is 0 Å². The third-order valence-corrected chi connectivity index (χ3v) is 7.02. The molecule has 9 heteroatoms. The lowest BCUT2D eigenvalue weighted by molar-refractivity contribution is 0.0941. The van der Waals surface area contributed by atoms with Crippen molar-refractivity contribution in [1.82, 2.24) is 29.5 Å². The number of pyridine rings is 2. The van der Waals surface area contributed by atoms with Crippen LogP contribution in [0.3, 0.4) is 0 Å². The standard InChI is InChI=1S/C31H27N7O2/c1-20(35-30(39)27-28(32)36-37-17-7-16-34-29(27)37)25-18-23-10-5-9-22(14-13-21-8-6-15-33-19-21)26(23)31(40)38(25)24-11-3-2-4-12-24/h2-12,15-20H,13-14H2,1H3,(H2,32,36)(H,35,39). The fourth-order valence-corrected chi connectivity index (χ4v) is 5.11. The number of rotatable bonds is 7. The van der Waals surface area contributed by atoms with Crippen LogP contribution in [0.2, 0.25) is 0 Å². The number of nitrogen functional groups attached to an aromatic ring is 1. The van der Waals surface area contributed by atoms with Crippen LogP contribution in [0.4, 0.5) is 5.82 Å². The van der Waals surface area contributed by atoms with E-state index >= 15 is 0 Å². The zero-order valence-electron chi connectivity index (χ0n) is 21.9. The van der Waals surface area contributed by atoms with Crippen molar-refractivity contribution < 1.29 is 4.79 Å². The molecule has 1 amide bonds.